The van der Waals surface area contributed by atoms with Gasteiger partial charge in [-0.05, 0) is 117 Å². The number of para-hydroxylation sites is 3. The summed E-state index contributed by atoms with van der Waals surface area (Å²) in [5, 5.41) is 6.00. The first-order valence-corrected chi connectivity index (χ1v) is 20.5. The van der Waals surface area contributed by atoms with E-state index in [1.807, 2.05) is 45.9 Å². The highest BCUT2D eigenvalue weighted by Crippen LogP contribution is 2.47. The van der Waals surface area contributed by atoms with Crippen molar-refractivity contribution in [2.45, 2.75) is 38.9 Å². The molecule has 10 aromatic rings. The molecule has 2 aromatic heterocycles. The molecule has 1 aliphatic heterocycles. The fourth-order valence-electron chi connectivity index (χ4n) is 8.58. The zero-order valence-electron chi connectivity index (χ0n) is 34.0. The highest BCUT2D eigenvalue weighted by Gasteiger charge is 2.50. The number of hydrogen-bond donors (Lipinski definition) is 0. The Morgan fingerprint density at radius 3 is 1.62 bits per heavy atom. The van der Waals surface area contributed by atoms with Crippen LogP contribution in [-0.2, 0) is 9.68 Å². The summed E-state index contributed by atoms with van der Waals surface area (Å²) in [4.78, 5) is 15.1. The number of nitrogens with zero attached hydrogens (tertiary/aromatic N) is 3. The van der Waals surface area contributed by atoms with Gasteiger partial charge in [0.2, 0.25) is 0 Å². The van der Waals surface area contributed by atoms with Gasteiger partial charge in [-0.3, -0.25) is 0 Å². The molecule has 6 heteroatoms. The number of benzene rings is 8. The Kier molecular flexibility index (Phi) is 8.24. The molecule has 0 bridgehead atoms. The molecule has 11 rings (SSSR count). The Morgan fingerprint density at radius 2 is 0.967 bits per heavy atom. The topological polar surface area (TPSA) is 43.0 Å². The van der Waals surface area contributed by atoms with E-state index < -0.39 is 11.2 Å². The zero-order valence-corrected chi connectivity index (χ0v) is 34.0. The third-order valence-corrected chi connectivity index (χ3v) is 12.4. The number of hydrogen-bond acceptors (Lipinski definition) is 5. The van der Waals surface area contributed by atoms with Crippen molar-refractivity contribution in [2.75, 3.05) is 10.1 Å². The number of rotatable bonds is 7. The molecule has 0 N–H and O–H groups in total. The van der Waals surface area contributed by atoms with Crippen LogP contribution in [0.5, 0.6) is 0 Å². The normalized spacial score (nSPS) is 14.8. The highest BCUT2D eigenvalue weighted by atomic mass is 17.0. The van der Waals surface area contributed by atoms with Gasteiger partial charge in [0.05, 0.1) is 22.1 Å². The summed E-state index contributed by atoms with van der Waals surface area (Å²) < 4.78 is 9.08. The largest absolute Gasteiger partial charge is 0.454 e. The quantitative estimate of drug-likeness (QED) is 0.161. The van der Waals surface area contributed by atoms with Gasteiger partial charge in [-0.2, -0.15) is 0 Å². The van der Waals surface area contributed by atoms with Gasteiger partial charge < -0.3 is 13.9 Å². The van der Waals surface area contributed by atoms with Crippen molar-refractivity contribution < 1.29 is 14.1 Å². The lowest BCUT2D eigenvalue weighted by atomic mass is 9.90. The van der Waals surface area contributed by atoms with Crippen LogP contribution < -0.4 is 10.1 Å². The van der Waals surface area contributed by atoms with Gasteiger partial charge in [-0.15, -0.1) is 5.23 Å². The summed E-state index contributed by atoms with van der Waals surface area (Å²) in [6.45, 7) is 8.16. The van der Waals surface area contributed by atoms with Crippen LogP contribution in [0.4, 0.5) is 22.7 Å². The molecule has 0 amide bonds. The minimum atomic E-state index is -0.548. The fraction of sp³-hybridized carbons (Fsp3) is 0.111. The van der Waals surface area contributed by atoms with Crippen molar-refractivity contribution in [1.29, 1.82) is 0 Å². The van der Waals surface area contributed by atoms with Crippen molar-refractivity contribution in [3.8, 4) is 27.9 Å². The summed E-state index contributed by atoms with van der Waals surface area (Å²) in [5.74, 6) is 0. The van der Waals surface area contributed by atoms with Crippen molar-refractivity contribution in [1.82, 2.24) is 4.57 Å². The SMILES string of the molecule is CC1(C)ON(c2cccc3c2oc2cccc(N(c4ccc(-c5ccccc5)cc4)c4ccc(-c5cccc(-n6c7ccccc7c7ccccc76)c5)cc4)c23)OC1(C)C. The van der Waals surface area contributed by atoms with Gasteiger partial charge in [-0.25, -0.2) is 9.68 Å². The first-order chi connectivity index (χ1) is 29.2. The van der Waals surface area contributed by atoms with Crippen LogP contribution in [0.15, 0.2) is 192 Å². The van der Waals surface area contributed by atoms with Gasteiger partial charge in [-0.1, -0.05) is 121 Å². The number of aromatic nitrogens is 1. The standard InChI is InChI=1S/C54H43N3O3/c1-53(2)54(3,4)60-57(59-53)49-25-13-21-45-51-48(24-14-26-50(51)58-52(45)49)55(40-31-27-37(28-32-40)36-15-6-5-7-16-36)41-33-29-38(30-34-41)39-17-12-18-42(35-39)56-46-22-10-8-19-43(46)44-20-9-11-23-47(44)56/h5-35H,1-4H3. The molecule has 6 nitrogen and oxygen atoms in total. The highest BCUT2D eigenvalue weighted by molar-refractivity contribution is 6.16. The Balaban J connectivity index is 1.03. The van der Waals surface area contributed by atoms with Crippen LogP contribution in [0, 0.1) is 0 Å². The van der Waals surface area contributed by atoms with Gasteiger partial charge in [0, 0.05) is 33.2 Å². The fourth-order valence-corrected chi connectivity index (χ4v) is 8.58. The van der Waals surface area contributed by atoms with Crippen molar-refractivity contribution in [2.24, 2.45) is 0 Å². The molecule has 1 saturated heterocycles. The molecular formula is C54H43N3O3. The molecule has 0 saturated carbocycles. The first kappa shape index (κ1) is 36.0. The molecule has 8 aromatic carbocycles. The third kappa shape index (κ3) is 5.79. The lowest BCUT2D eigenvalue weighted by Crippen LogP contribution is -2.41. The van der Waals surface area contributed by atoms with E-state index in [-0.39, 0.29) is 0 Å². The van der Waals surface area contributed by atoms with Crippen molar-refractivity contribution in [3.05, 3.63) is 188 Å². The number of fused-ring (bicyclic) bond motifs is 6. The Labute approximate surface area is 348 Å². The van der Waals surface area contributed by atoms with Crippen LogP contribution in [-0.4, -0.2) is 15.8 Å². The smallest absolute Gasteiger partial charge is 0.163 e. The summed E-state index contributed by atoms with van der Waals surface area (Å²) in [7, 11) is 0. The second kappa shape index (κ2) is 13.7. The molecule has 0 spiro atoms. The molecule has 0 radical (unpaired) electrons. The van der Waals surface area contributed by atoms with Gasteiger partial charge >= 0.3 is 0 Å². The van der Waals surface area contributed by atoms with Gasteiger partial charge in [0.25, 0.3) is 0 Å². The average Bonchev–Trinajstić information content (AvgIpc) is 3.90. The predicted octanol–water partition coefficient (Wildman–Crippen LogP) is 14.7. The predicted molar refractivity (Wildman–Crippen MR) is 246 cm³/mol. The van der Waals surface area contributed by atoms with E-state index >= 15 is 0 Å². The molecule has 0 atom stereocenters. The van der Waals surface area contributed by atoms with Crippen LogP contribution in [0.1, 0.15) is 27.7 Å². The molecule has 1 fully saturated rings. The van der Waals surface area contributed by atoms with Crippen LogP contribution in [0.2, 0.25) is 0 Å². The minimum absolute atomic E-state index is 0.548. The summed E-state index contributed by atoms with van der Waals surface area (Å²) >= 11 is 0. The summed E-state index contributed by atoms with van der Waals surface area (Å²) in [5.41, 5.74) is 12.3. The van der Waals surface area contributed by atoms with Crippen molar-refractivity contribution >= 4 is 66.5 Å². The Morgan fingerprint density at radius 1 is 0.450 bits per heavy atom. The lowest BCUT2D eigenvalue weighted by molar-refractivity contribution is -0.0269. The van der Waals surface area contributed by atoms with E-state index in [0.29, 0.717) is 5.58 Å². The van der Waals surface area contributed by atoms with Crippen molar-refractivity contribution in [3.63, 3.8) is 0 Å². The van der Waals surface area contributed by atoms with Gasteiger partial charge in [0.15, 0.2) is 5.58 Å². The van der Waals surface area contributed by atoms with Gasteiger partial charge in [0.1, 0.15) is 22.5 Å². The molecule has 3 heterocycles. The maximum absolute atomic E-state index is 6.71. The Bertz CT molecular complexity index is 3150. The van der Waals surface area contributed by atoms with E-state index in [2.05, 4.69) is 179 Å². The minimum Gasteiger partial charge on any atom is -0.454 e. The maximum Gasteiger partial charge on any atom is 0.163 e. The number of furan rings is 1. The molecule has 0 aliphatic carbocycles. The first-order valence-electron chi connectivity index (χ1n) is 20.5. The van der Waals surface area contributed by atoms with E-state index in [4.69, 9.17) is 14.1 Å². The van der Waals surface area contributed by atoms with Crippen LogP contribution >= 0.6 is 0 Å². The average molecular weight is 782 g/mol. The zero-order chi connectivity index (χ0) is 40.6. The summed E-state index contributed by atoms with van der Waals surface area (Å²) in [6, 6.07) is 66.7. The number of anilines is 4. The van der Waals surface area contributed by atoms with E-state index in [9.17, 15) is 0 Å². The molecular weight excluding hydrogens is 739 g/mol. The second-order valence-corrected chi connectivity index (χ2v) is 16.6. The maximum atomic E-state index is 6.71. The van der Waals surface area contributed by atoms with E-state index in [1.54, 1.807) is 0 Å². The molecule has 0 unspecified atom stereocenters. The Hall–Kier alpha value is -7.12. The summed E-state index contributed by atoms with van der Waals surface area (Å²) in [6.07, 6.45) is 0. The molecule has 1 aliphatic rings. The monoisotopic (exact) mass is 781 g/mol. The van der Waals surface area contributed by atoms with Crippen LogP contribution in [0.25, 0.3) is 71.7 Å². The van der Waals surface area contributed by atoms with E-state index in [0.717, 1.165) is 61.5 Å². The molecule has 292 valence electrons. The van der Waals surface area contributed by atoms with Crippen LogP contribution in [0.3, 0.4) is 0 Å². The lowest BCUT2D eigenvalue weighted by Gasteiger charge is -2.26. The third-order valence-electron chi connectivity index (χ3n) is 12.4. The second-order valence-electron chi connectivity index (χ2n) is 16.6. The van der Waals surface area contributed by atoms with E-state index in [1.165, 1.54) is 32.6 Å². The molecule has 60 heavy (non-hydrogen) atoms.